The molecule has 2 aliphatic carbocycles. The maximum Gasteiger partial charge on any atom is 0.435 e. The molecular formula is C49H78F6N10. The van der Waals surface area contributed by atoms with Crippen LogP contribution in [0.4, 0.5) is 26.3 Å². The monoisotopic (exact) mass is 921 g/mol. The number of aromatic nitrogens is 10. The van der Waals surface area contributed by atoms with E-state index in [1.54, 1.807) is 6.92 Å². The first-order chi connectivity index (χ1) is 29.3. The summed E-state index contributed by atoms with van der Waals surface area (Å²) in [6.07, 6.45) is 0.520. The predicted octanol–water partition coefficient (Wildman–Crippen LogP) is 13.1. The van der Waals surface area contributed by atoms with Gasteiger partial charge in [-0.1, -0.05) is 104 Å². The molecule has 0 bridgehead atoms. The molecule has 5 aromatic rings. The van der Waals surface area contributed by atoms with Crippen molar-refractivity contribution in [1.29, 1.82) is 0 Å². The third kappa shape index (κ3) is 16.5. The molecule has 0 amide bonds. The fraction of sp³-hybridized carbons (Fsp3) is 0.694. The molecule has 0 aliphatic heterocycles. The van der Waals surface area contributed by atoms with Crippen LogP contribution in [0.3, 0.4) is 0 Å². The van der Waals surface area contributed by atoms with Crippen LogP contribution in [0, 0.1) is 12.8 Å². The minimum atomic E-state index is -4.36. The summed E-state index contributed by atoms with van der Waals surface area (Å²) in [5.41, 5.74) is 4.66. The quantitative estimate of drug-likeness (QED) is 0.168. The number of alkyl halides is 6. The van der Waals surface area contributed by atoms with Crippen LogP contribution in [0.2, 0.25) is 0 Å². The Bertz CT molecular complexity index is 2240. The average Bonchev–Trinajstić information content (AvgIpc) is 3.75. The van der Waals surface area contributed by atoms with Crippen LogP contribution in [-0.2, 0) is 66.6 Å². The molecule has 2 aliphatic rings. The zero-order valence-corrected chi connectivity index (χ0v) is 42.7. The van der Waals surface area contributed by atoms with Gasteiger partial charge in [0, 0.05) is 95.1 Å². The molecule has 7 rings (SSSR count). The zero-order chi connectivity index (χ0) is 49.9. The molecule has 0 atom stereocenters. The van der Waals surface area contributed by atoms with Crippen molar-refractivity contribution in [3.05, 3.63) is 88.3 Å². The lowest BCUT2D eigenvalue weighted by atomic mass is 9.92. The molecular weight excluding hydrogens is 843 g/mol. The molecule has 0 unspecified atom stereocenters. The Morgan fingerprint density at radius 2 is 0.923 bits per heavy atom. The molecule has 0 N–H and O–H groups in total. The summed E-state index contributed by atoms with van der Waals surface area (Å²) in [7, 11) is 3.52. The highest BCUT2D eigenvalue weighted by Gasteiger charge is 2.37. The van der Waals surface area contributed by atoms with E-state index >= 15 is 0 Å². The van der Waals surface area contributed by atoms with Crippen LogP contribution in [0.15, 0.2) is 42.7 Å². The van der Waals surface area contributed by atoms with Gasteiger partial charge < -0.3 is 0 Å². The van der Waals surface area contributed by atoms with Gasteiger partial charge in [0.2, 0.25) is 0 Å². The highest BCUT2D eigenvalue weighted by Crippen LogP contribution is 2.38. The first-order valence-corrected chi connectivity index (χ1v) is 22.7. The van der Waals surface area contributed by atoms with E-state index in [-0.39, 0.29) is 27.1 Å². The van der Waals surface area contributed by atoms with Crippen molar-refractivity contribution in [3.63, 3.8) is 0 Å². The summed E-state index contributed by atoms with van der Waals surface area (Å²) in [5.74, 6) is 0.904. The van der Waals surface area contributed by atoms with Gasteiger partial charge in [-0.25, -0.2) is 0 Å². The van der Waals surface area contributed by atoms with E-state index in [4.69, 9.17) is 0 Å². The molecule has 0 spiro atoms. The Morgan fingerprint density at radius 3 is 1.26 bits per heavy atom. The summed E-state index contributed by atoms with van der Waals surface area (Å²) < 4.78 is 83.2. The summed E-state index contributed by atoms with van der Waals surface area (Å²) in [6, 6.07) is 9.35. The SMILES string of the molecule is CC(C)(C)c1ccnn1C1CC1.CC(C)(C)c1ccnn1CC1CC1.CCn1nc(C(F)(F)F)cc1C(C)(C)C.Cc1cc(C(C)(C)C)n(C)n1.Cn1nc(C(F)(F)F)cc1C(C)(C)C. The Kier molecular flexibility index (Phi) is 17.1. The van der Waals surface area contributed by atoms with Crippen molar-refractivity contribution < 1.29 is 26.3 Å². The Labute approximate surface area is 384 Å². The minimum absolute atomic E-state index is 0.204. The predicted molar refractivity (Wildman–Crippen MR) is 248 cm³/mol. The van der Waals surface area contributed by atoms with Crippen LogP contribution in [0.5, 0.6) is 0 Å². The topological polar surface area (TPSA) is 89.1 Å². The largest absolute Gasteiger partial charge is 0.435 e. The van der Waals surface area contributed by atoms with Gasteiger partial charge in [-0.3, -0.25) is 23.4 Å². The van der Waals surface area contributed by atoms with Gasteiger partial charge in [0.1, 0.15) is 0 Å². The van der Waals surface area contributed by atoms with E-state index < -0.39 is 23.7 Å². The van der Waals surface area contributed by atoms with E-state index in [1.165, 1.54) is 59.2 Å². The van der Waals surface area contributed by atoms with E-state index in [2.05, 4.69) is 115 Å². The van der Waals surface area contributed by atoms with Crippen LogP contribution in [0.1, 0.15) is 188 Å². The summed E-state index contributed by atoms with van der Waals surface area (Å²) in [4.78, 5) is 0. The van der Waals surface area contributed by atoms with Crippen LogP contribution >= 0.6 is 0 Å². The van der Waals surface area contributed by atoms with Crippen molar-refractivity contribution >= 4 is 0 Å². The summed E-state index contributed by atoms with van der Waals surface area (Å²) in [6.45, 7) is 36.6. The number of halogens is 6. The van der Waals surface area contributed by atoms with Gasteiger partial charge in [0.05, 0.1) is 11.7 Å². The molecule has 366 valence electrons. The highest BCUT2D eigenvalue weighted by atomic mass is 19.4. The molecule has 2 saturated carbocycles. The van der Waals surface area contributed by atoms with Crippen LogP contribution < -0.4 is 0 Å². The number of rotatable bonds is 4. The van der Waals surface area contributed by atoms with Crippen molar-refractivity contribution in [1.82, 2.24) is 48.9 Å². The van der Waals surface area contributed by atoms with E-state index in [9.17, 15) is 26.3 Å². The normalized spacial score (nSPS) is 14.9. The van der Waals surface area contributed by atoms with Crippen molar-refractivity contribution in [2.24, 2.45) is 20.0 Å². The molecule has 10 nitrogen and oxygen atoms in total. The van der Waals surface area contributed by atoms with Crippen LogP contribution in [-0.4, -0.2) is 48.9 Å². The maximum absolute atomic E-state index is 12.4. The number of aryl methyl sites for hydroxylation is 4. The van der Waals surface area contributed by atoms with Gasteiger partial charge in [-0.2, -0.15) is 51.8 Å². The fourth-order valence-electron chi connectivity index (χ4n) is 7.20. The molecule has 0 radical (unpaired) electrons. The van der Waals surface area contributed by atoms with Gasteiger partial charge in [0.15, 0.2) is 11.4 Å². The van der Waals surface area contributed by atoms with Gasteiger partial charge in [-0.05, 0) is 75.8 Å². The molecule has 65 heavy (non-hydrogen) atoms. The number of hydrogen-bond acceptors (Lipinski definition) is 5. The average molecular weight is 921 g/mol. The van der Waals surface area contributed by atoms with E-state index in [0.29, 0.717) is 24.0 Å². The zero-order valence-electron chi connectivity index (χ0n) is 42.7. The smallest absolute Gasteiger partial charge is 0.272 e. The standard InChI is InChI=1S/C11H18N2.C10H15F3N2.C10H16N2.C9H13F3N2.C9H16N2/c1-11(2,3)10-6-7-12-13(10)8-9-4-5-9;1-5-15-8(9(2,3)4)6-7(14-15)10(11,12)13;1-10(2,3)9-6-7-11-12(9)8-4-5-8;1-8(2,3)7-5-6(9(10,11)12)13-14(7)4;1-7-6-8(9(2,3)4)11(5)10-7/h6-7,9H,4-5,8H2,1-3H3;6H,5H2,1-4H3;6-8H,4-5H2,1-3H3;5H,1-4H3;6H,1-5H3. The Balaban J connectivity index is 0.000000217. The molecule has 0 aromatic carbocycles. The lowest BCUT2D eigenvalue weighted by Gasteiger charge is -2.20. The molecule has 5 heterocycles. The van der Waals surface area contributed by atoms with Gasteiger partial charge in [-0.15, -0.1) is 0 Å². The Morgan fingerprint density at radius 1 is 0.508 bits per heavy atom. The van der Waals surface area contributed by atoms with E-state index in [0.717, 1.165) is 30.3 Å². The summed E-state index contributed by atoms with van der Waals surface area (Å²) >= 11 is 0. The van der Waals surface area contributed by atoms with Gasteiger partial charge >= 0.3 is 12.4 Å². The molecule has 16 heteroatoms. The highest BCUT2D eigenvalue weighted by molar-refractivity contribution is 5.21. The lowest BCUT2D eigenvalue weighted by Crippen LogP contribution is -2.19. The third-order valence-corrected chi connectivity index (χ3v) is 10.8. The number of nitrogens with zero attached hydrogens (tertiary/aromatic N) is 10. The second-order valence-corrected chi connectivity index (χ2v) is 22.5. The lowest BCUT2D eigenvalue weighted by molar-refractivity contribution is -0.142. The third-order valence-electron chi connectivity index (χ3n) is 10.8. The Hall–Kier alpha value is -4.37. The van der Waals surface area contributed by atoms with Crippen molar-refractivity contribution in [2.75, 3.05) is 0 Å². The maximum atomic E-state index is 12.4. The molecule has 5 aromatic heterocycles. The van der Waals surface area contributed by atoms with Crippen LogP contribution in [0.25, 0.3) is 0 Å². The van der Waals surface area contributed by atoms with Gasteiger partial charge in [0.25, 0.3) is 0 Å². The molecule has 0 saturated heterocycles. The first kappa shape index (κ1) is 55.0. The second-order valence-electron chi connectivity index (χ2n) is 22.5. The van der Waals surface area contributed by atoms with E-state index in [1.807, 2.05) is 72.6 Å². The minimum Gasteiger partial charge on any atom is -0.272 e. The molecule has 2 fully saturated rings. The number of hydrogen-bond donors (Lipinski definition) is 0. The summed E-state index contributed by atoms with van der Waals surface area (Å²) in [5, 5.41) is 20.0. The van der Waals surface area contributed by atoms with Crippen molar-refractivity contribution in [3.8, 4) is 0 Å². The fourth-order valence-corrected chi connectivity index (χ4v) is 7.20. The first-order valence-electron chi connectivity index (χ1n) is 22.7. The second kappa shape index (κ2) is 20.2. The van der Waals surface area contributed by atoms with Crippen molar-refractivity contribution in [2.45, 2.75) is 202 Å².